The third kappa shape index (κ3) is 3.93. The number of non-ortho nitro benzene ring substituents is 1. The Morgan fingerprint density at radius 1 is 1.21 bits per heavy atom. The molecule has 1 atom stereocenters. The molecular weight excluding hydrogens is 364 g/mol. The number of amides is 3. The zero-order valence-corrected chi connectivity index (χ0v) is 15.2. The summed E-state index contributed by atoms with van der Waals surface area (Å²) >= 11 is 0. The van der Waals surface area contributed by atoms with Gasteiger partial charge in [-0.25, -0.2) is 4.79 Å². The summed E-state index contributed by atoms with van der Waals surface area (Å²) in [4.78, 5) is 35.4. The van der Waals surface area contributed by atoms with Gasteiger partial charge in [-0.15, -0.1) is 0 Å². The van der Waals surface area contributed by atoms with Crippen LogP contribution in [0.4, 0.5) is 16.2 Å². The van der Waals surface area contributed by atoms with Crippen LogP contribution < -0.4 is 20.7 Å². The molecule has 1 aliphatic heterocycles. The van der Waals surface area contributed by atoms with Crippen LogP contribution in [0.2, 0.25) is 0 Å². The zero-order chi connectivity index (χ0) is 20.3. The molecule has 9 nitrogen and oxygen atoms in total. The highest BCUT2D eigenvalue weighted by Crippen LogP contribution is 2.30. The van der Waals surface area contributed by atoms with Gasteiger partial charge in [0.15, 0.2) is 0 Å². The first-order valence-electron chi connectivity index (χ1n) is 8.37. The predicted octanol–water partition coefficient (Wildman–Crippen LogP) is 2.87. The summed E-state index contributed by atoms with van der Waals surface area (Å²) in [5.74, 6) is 0.209. The normalized spacial score (nSPS) is 16.1. The lowest BCUT2D eigenvalue weighted by molar-refractivity contribution is -0.384. The van der Waals surface area contributed by atoms with Crippen molar-refractivity contribution in [1.82, 2.24) is 10.6 Å². The monoisotopic (exact) mass is 382 g/mol. The van der Waals surface area contributed by atoms with E-state index in [9.17, 15) is 19.7 Å². The fraction of sp³-hybridized carbons (Fsp3) is 0.158. The van der Waals surface area contributed by atoms with Crippen molar-refractivity contribution in [2.24, 2.45) is 0 Å². The van der Waals surface area contributed by atoms with E-state index in [0.717, 1.165) is 0 Å². The molecule has 3 amide bonds. The van der Waals surface area contributed by atoms with Gasteiger partial charge >= 0.3 is 6.03 Å². The molecule has 0 saturated heterocycles. The summed E-state index contributed by atoms with van der Waals surface area (Å²) in [5, 5.41) is 19.1. The third-order valence-corrected chi connectivity index (χ3v) is 4.28. The van der Waals surface area contributed by atoms with Gasteiger partial charge in [-0.1, -0.05) is 12.1 Å². The first-order chi connectivity index (χ1) is 13.4. The zero-order valence-electron chi connectivity index (χ0n) is 15.2. The average molecular weight is 382 g/mol. The maximum atomic E-state index is 12.9. The van der Waals surface area contributed by atoms with Crippen molar-refractivity contribution in [2.75, 3.05) is 12.4 Å². The minimum Gasteiger partial charge on any atom is -0.497 e. The second kappa shape index (κ2) is 7.78. The molecule has 0 aliphatic carbocycles. The number of allylic oxidation sites excluding steroid dienone is 1. The lowest BCUT2D eigenvalue weighted by Gasteiger charge is -2.28. The fourth-order valence-corrected chi connectivity index (χ4v) is 2.94. The number of nitro groups is 1. The summed E-state index contributed by atoms with van der Waals surface area (Å²) in [7, 11) is 1.54. The highest BCUT2D eigenvalue weighted by Gasteiger charge is 2.32. The van der Waals surface area contributed by atoms with Crippen molar-refractivity contribution < 1.29 is 19.2 Å². The van der Waals surface area contributed by atoms with Crippen LogP contribution in [0.3, 0.4) is 0 Å². The molecule has 0 radical (unpaired) electrons. The first-order valence-corrected chi connectivity index (χ1v) is 8.37. The molecule has 144 valence electrons. The van der Waals surface area contributed by atoms with Gasteiger partial charge in [0.1, 0.15) is 5.75 Å². The van der Waals surface area contributed by atoms with Gasteiger partial charge in [0, 0.05) is 23.5 Å². The van der Waals surface area contributed by atoms with Crippen LogP contribution in [-0.2, 0) is 4.79 Å². The summed E-state index contributed by atoms with van der Waals surface area (Å²) in [6, 6.07) is 11.3. The maximum Gasteiger partial charge on any atom is 0.319 e. The van der Waals surface area contributed by atoms with Crippen LogP contribution in [-0.4, -0.2) is 24.0 Å². The standard InChI is InChI=1S/C19H18N4O5/c1-11-16(18(24)21-13-6-8-15(28-2)9-7-13)17(22-19(25)20-11)12-4-3-5-14(10-12)23(26)27/h3-10,17H,1-2H3,(H,21,24)(H2,20,22,25)/t17-/m0/s1. The van der Waals surface area contributed by atoms with E-state index in [1.807, 2.05) is 0 Å². The number of urea groups is 1. The van der Waals surface area contributed by atoms with Crippen LogP contribution >= 0.6 is 0 Å². The Morgan fingerprint density at radius 3 is 2.57 bits per heavy atom. The lowest BCUT2D eigenvalue weighted by atomic mass is 9.94. The Balaban J connectivity index is 1.93. The van der Waals surface area contributed by atoms with Gasteiger partial charge in [0.2, 0.25) is 0 Å². The van der Waals surface area contributed by atoms with Crippen molar-refractivity contribution in [3.05, 3.63) is 75.5 Å². The van der Waals surface area contributed by atoms with Crippen LogP contribution in [0, 0.1) is 10.1 Å². The molecule has 0 fully saturated rings. The number of anilines is 1. The largest absolute Gasteiger partial charge is 0.497 e. The molecule has 28 heavy (non-hydrogen) atoms. The van der Waals surface area contributed by atoms with Gasteiger partial charge in [0.25, 0.3) is 11.6 Å². The van der Waals surface area contributed by atoms with Crippen molar-refractivity contribution >= 4 is 23.3 Å². The molecule has 3 N–H and O–H groups in total. The van der Waals surface area contributed by atoms with E-state index in [-0.39, 0.29) is 11.3 Å². The Labute approximate surface area is 160 Å². The van der Waals surface area contributed by atoms with Gasteiger partial charge in [-0.05, 0) is 36.8 Å². The van der Waals surface area contributed by atoms with E-state index in [2.05, 4.69) is 16.0 Å². The van der Waals surface area contributed by atoms with Crippen molar-refractivity contribution in [3.63, 3.8) is 0 Å². The number of methoxy groups -OCH3 is 1. The number of rotatable bonds is 5. The number of nitro benzene ring substituents is 1. The van der Waals surface area contributed by atoms with Crippen LogP contribution in [0.25, 0.3) is 0 Å². The van der Waals surface area contributed by atoms with Gasteiger partial charge in [-0.3, -0.25) is 14.9 Å². The van der Waals surface area contributed by atoms with Crippen LogP contribution in [0.1, 0.15) is 18.5 Å². The number of carbonyl (C=O) groups excluding carboxylic acids is 2. The van der Waals surface area contributed by atoms with E-state index < -0.39 is 22.9 Å². The highest BCUT2D eigenvalue weighted by atomic mass is 16.6. The number of carbonyl (C=O) groups is 2. The van der Waals surface area contributed by atoms with Gasteiger partial charge < -0.3 is 20.7 Å². The minimum atomic E-state index is -0.827. The predicted molar refractivity (Wildman–Crippen MR) is 102 cm³/mol. The van der Waals surface area contributed by atoms with E-state index in [0.29, 0.717) is 22.7 Å². The SMILES string of the molecule is COc1ccc(NC(=O)C2=C(C)NC(=O)N[C@H]2c2cccc([N+](=O)[O-])c2)cc1. The molecular formula is C19H18N4O5. The maximum absolute atomic E-state index is 12.9. The smallest absolute Gasteiger partial charge is 0.319 e. The second-order valence-corrected chi connectivity index (χ2v) is 6.10. The quantitative estimate of drug-likeness (QED) is 0.542. The average Bonchev–Trinajstić information content (AvgIpc) is 2.68. The van der Waals surface area contributed by atoms with E-state index >= 15 is 0 Å². The molecule has 1 aliphatic rings. The molecule has 2 aromatic carbocycles. The molecule has 0 saturated carbocycles. The Morgan fingerprint density at radius 2 is 1.93 bits per heavy atom. The minimum absolute atomic E-state index is 0.127. The van der Waals surface area contributed by atoms with E-state index in [1.54, 1.807) is 44.4 Å². The lowest BCUT2D eigenvalue weighted by Crippen LogP contribution is -2.46. The van der Waals surface area contributed by atoms with Gasteiger partial charge in [0.05, 0.1) is 23.6 Å². The molecule has 0 unspecified atom stereocenters. The number of hydrogen-bond donors (Lipinski definition) is 3. The van der Waals surface area contributed by atoms with E-state index in [1.165, 1.54) is 18.2 Å². The van der Waals surface area contributed by atoms with E-state index in [4.69, 9.17) is 4.74 Å². The summed E-state index contributed by atoms with van der Waals surface area (Å²) in [6.45, 7) is 1.60. The second-order valence-electron chi connectivity index (χ2n) is 6.10. The number of ether oxygens (including phenoxy) is 1. The number of benzene rings is 2. The fourth-order valence-electron chi connectivity index (χ4n) is 2.94. The highest BCUT2D eigenvalue weighted by molar-refractivity contribution is 6.06. The molecule has 3 rings (SSSR count). The molecule has 0 bridgehead atoms. The summed E-state index contributed by atoms with van der Waals surface area (Å²) in [5.41, 5.74) is 1.48. The summed E-state index contributed by atoms with van der Waals surface area (Å²) in [6.07, 6.45) is 0. The van der Waals surface area contributed by atoms with Crippen molar-refractivity contribution in [2.45, 2.75) is 13.0 Å². The molecule has 9 heteroatoms. The number of nitrogens with zero attached hydrogens (tertiary/aromatic N) is 1. The third-order valence-electron chi connectivity index (χ3n) is 4.28. The molecule has 1 heterocycles. The summed E-state index contributed by atoms with van der Waals surface area (Å²) < 4.78 is 5.09. The Bertz CT molecular complexity index is 969. The van der Waals surface area contributed by atoms with Crippen molar-refractivity contribution in [3.8, 4) is 5.75 Å². The number of nitrogens with one attached hydrogen (secondary N) is 3. The number of hydrogen-bond acceptors (Lipinski definition) is 5. The molecule has 2 aromatic rings. The van der Waals surface area contributed by atoms with Crippen LogP contribution in [0.15, 0.2) is 59.8 Å². The molecule has 0 spiro atoms. The van der Waals surface area contributed by atoms with Crippen LogP contribution in [0.5, 0.6) is 5.75 Å². The first kappa shape index (κ1) is 18.9. The Kier molecular flexibility index (Phi) is 5.25. The van der Waals surface area contributed by atoms with Gasteiger partial charge in [-0.2, -0.15) is 0 Å². The van der Waals surface area contributed by atoms with Crippen molar-refractivity contribution in [1.29, 1.82) is 0 Å². The Hall–Kier alpha value is -3.88. The molecule has 0 aromatic heterocycles. The topological polar surface area (TPSA) is 123 Å².